The first-order chi connectivity index (χ1) is 7.42. The Morgan fingerprint density at radius 3 is 2.62 bits per heavy atom. The summed E-state index contributed by atoms with van der Waals surface area (Å²) in [6, 6.07) is 0. The van der Waals surface area contributed by atoms with Crippen molar-refractivity contribution in [1.29, 1.82) is 0 Å². The normalized spacial score (nSPS) is 12.1. The molecular formula is C10H15F3N2S. The molecule has 0 aromatic carbocycles. The first-order valence-corrected chi connectivity index (χ1v) is 5.96. The van der Waals surface area contributed by atoms with Crippen molar-refractivity contribution in [3.05, 3.63) is 15.6 Å². The molecule has 0 unspecified atom stereocenters. The van der Waals surface area contributed by atoms with Crippen molar-refractivity contribution >= 4 is 11.3 Å². The molecule has 0 atom stereocenters. The summed E-state index contributed by atoms with van der Waals surface area (Å²) in [5, 5.41) is 3.71. The Hall–Kier alpha value is -0.620. The molecule has 0 saturated carbocycles. The van der Waals surface area contributed by atoms with Crippen LogP contribution in [0.5, 0.6) is 0 Å². The van der Waals surface area contributed by atoms with Gasteiger partial charge in [-0.05, 0) is 13.5 Å². The smallest absolute Gasteiger partial charge is 0.312 e. The second kappa shape index (κ2) is 5.63. The molecule has 0 amide bonds. The van der Waals surface area contributed by atoms with Gasteiger partial charge in [0.05, 0.1) is 10.7 Å². The predicted molar refractivity (Wildman–Crippen MR) is 58.6 cm³/mol. The molecule has 1 aromatic rings. The Kier molecular flexibility index (Phi) is 4.73. The Balaban J connectivity index is 2.55. The summed E-state index contributed by atoms with van der Waals surface area (Å²) in [6.45, 7) is 5.35. The van der Waals surface area contributed by atoms with Crippen LogP contribution in [0.2, 0.25) is 0 Å². The number of nitrogens with zero attached hydrogens (tertiary/aromatic N) is 1. The minimum atomic E-state index is -4.10. The molecule has 1 aromatic heterocycles. The highest BCUT2D eigenvalue weighted by atomic mass is 32.1. The van der Waals surface area contributed by atoms with Crippen LogP contribution in [0.15, 0.2) is 0 Å². The molecule has 0 aliphatic carbocycles. The molecule has 1 N–H and O–H groups in total. The molecule has 2 nitrogen and oxygen atoms in total. The number of nitrogens with one attached hydrogen (secondary N) is 1. The van der Waals surface area contributed by atoms with Gasteiger partial charge in [-0.3, -0.25) is 0 Å². The van der Waals surface area contributed by atoms with Crippen molar-refractivity contribution in [2.24, 2.45) is 0 Å². The van der Waals surface area contributed by atoms with Crippen LogP contribution in [0.25, 0.3) is 0 Å². The van der Waals surface area contributed by atoms with E-state index in [0.717, 1.165) is 17.1 Å². The average molecular weight is 252 g/mol. The van der Waals surface area contributed by atoms with Crippen LogP contribution in [0, 0.1) is 6.92 Å². The van der Waals surface area contributed by atoms with Crippen molar-refractivity contribution < 1.29 is 13.2 Å². The third kappa shape index (κ3) is 4.49. The first-order valence-electron chi connectivity index (χ1n) is 5.15. The molecule has 16 heavy (non-hydrogen) atoms. The van der Waals surface area contributed by atoms with E-state index in [2.05, 4.69) is 10.3 Å². The molecular weight excluding hydrogens is 237 g/mol. The molecule has 1 rings (SSSR count). The van der Waals surface area contributed by atoms with Crippen molar-refractivity contribution in [2.45, 2.75) is 39.4 Å². The summed E-state index contributed by atoms with van der Waals surface area (Å²) in [7, 11) is 0. The number of hydrogen-bond acceptors (Lipinski definition) is 3. The quantitative estimate of drug-likeness (QED) is 0.871. The van der Waals surface area contributed by atoms with Crippen LogP contribution in [-0.4, -0.2) is 17.7 Å². The molecule has 0 bridgehead atoms. The highest BCUT2D eigenvalue weighted by molar-refractivity contribution is 7.11. The fourth-order valence-corrected chi connectivity index (χ4v) is 2.29. The molecule has 0 spiro atoms. The molecule has 0 saturated heterocycles. The van der Waals surface area contributed by atoms with Crippen molar-refractivity contribution in [1.82, 2.24) is 10.3 Å². The maximum atomic E-state index is 12.0. The van der Waals surface area contributed by atoms with Gasteiger partial charge in [0.1, 0.15) is 0 Å². The van der Waals surface area contributed by atoms with Crippen LogP contribution in [0.4, 0.5) is 13.2 Å². The second-order valence-electron chi connectivity index (χ2n) is 3.51. The fourth-order valence-electron chi connectivity index (χ4n) is 1.25. The van der Waals surface area contributed by atoms with Gasteiger partial charge in [0.2, 0.25) is 0 Å². The van der Waals surface area contributed by atoms with E-state index in [1.54, 1.807) is 0 Å². The molecule has 0 aliphatic rings. The number of halogens is 3. The van der Waals surface area contributed by atoms with Crippen LogP contribution in [0.1, 0.15) is 28.9 Å². The number of alkyl halides is 3. The zero-order valence-corrected chi connectivity index (χ0v) is 10.1. The second-order valence-corrected chi connectivity index (χ2v) is 4.68. The van der Waals surface area contributed by atoms with Gasteiger partial charge in [-0.1, -0.05) is 6.92 Å². The minimum Gasteiger partial charge on any atom is -0.312 e. The van der Waals surface area contributed by atoms with Gasteiger partial charge in [-0.2, -0.15) is 13.2 Å². The van der Waals surface area contributed by atoms with Gasteiger partial charge >= 0.3 is 6.18 Å². The summed E-state index contributed by atoms with van der Waals surface area (Å²) >= 11 is 1.37. The van der Waals surface area contributed by atoms with E-state index in [1.807, 2.05) is 13.8 Å². The predicted octanol–water partition coefficient (Wildman–Crippen LogP) is 3.06. The molecule has 0 radical (unpaired) electrons. The van der Waals surface area contributed by atoms with Crippen LogP contribution in [0.3, 0.4) is 0 Å². The standard InChI is InChI=1S/C10H15F3N2S/c1-3-14-6-8-7(2)15-9(16-8)4-5-10(11,12)13/h14H,3-6H2,1-2H3. The molecule has 1 heterocycles. The van der Waals surface area contributed by atoms with E-state index in [4.69, 9.17) is 0 Å². The topological polar surface area (TPSA) is 24.9 Å². The zero-order chi connectivity index (χ0) is 12.2. The first kappa shape index (κ1) is 13.4. The van der Waals surface area contributed by atoms with Crippen LogP contribution in [-0.2, 0) is 13.0 Å². The van der Waals surface area contributed by atoms with Crippen LogP contribution >= 0.6 is 11.3 Å². The lowest BCUT2D eigenvalue weighted by molar-refractivity contribution is -0.134. The molecule has 6 heteroatoms. The Labute approximate surface area is 96.9 Å². The number of aromatic nitrogens is 1. The van der Waals surface area contributed by atoms with E-state index in [9.17, 15) is 13.2 Å². The average Bonchev–Trinajstić information content (AvgIpc) is 2.52. The third-order valence-electron chi connectivity index (χ3n) is 2.09. The highest BCUT2D eigenvalue weighted by Crippen LogP contribution is 2.25. The Bertz CT molecular complexity index is 333. The lowest BCUT2D eigenvalue weighted by Gasteiger charge is -2.02. The van der Waals surface area contributed by atoms with Crippen molar-refractivity contribution in [3.8, 4) is 0 Å². The summed E-state index contributed by atoms with van der Waals surface area (Å²) in [5.74, 6) is 0. The van der Waals surface area contributed by atoms with Crippen LogP contribution < -0.4 is 5.32 Å². The lowest BCUT2D eigenvalue weighted by atomic mass is 10.3. The minimum absolute atomic E-state index is 0.0128. The van der Waals surface area contributed by atoms with Crippen molar-refractivity contribution in [2.75, 3.05) is 6.54 Å². The van der Waals surface area contributed by atoms with Gasteiger partial charge in [-0.25, -0.2) is 4.98 Å². The number of hydrogen-bond donors (Lipinski definition) is 1. The van der Waals surface area contributed by atoms with Gasteiger partial charge < -0.3 is 5.32 Å². The monoisotopic (exact) mass is 252 g/mol. The Morgan fingerprint density at radius 2 is 2.06 bits per heavy atom. The SMILES string of the molecule is CCNCc1sc(CCC(F)(F)F)nc1C. The summed E-state index contributed by atoms with van der Waals surface area (Å²) in [5.41, 5.74) is 0.836. The fraction of sp³-hybridized carbons (Fsp3) is 0.700. The van der Waals surface area contributed by atoms with E-state index in [1.165, 1.54) is 11.3 Å². The summed E-state index contributed by atoms with van der Waals surface area (Å²) in [6.07, 6.45) is -4.90. The van der Waals surface area contributed by atoms with Gasteiger partial charge in [0.25, 0.3) is 0 Å². The zero-order valence-electron chi connectivity index (χ0n) is 9.32. The van der Waals surface area contributed by atoms with Gasteiger partial charge in [0.15, 0.2) is 0 Å². The van der Waals surface area contributed by atoms with E-state index in [0.29, 0.717) is 11.6 Å². The van der Waals surface area contributed by atoms with Gasteiger partial charge in [0, 0.05) is 24.3 Å². The molecule has 0 fully saturated rings. The van der Waals surface area contributed by atoms with Gasteiger partial charge in [-0.15, -0.1) is 11.3 Å². The van der Waals surface area contributed by atoms with E-state index >= 15 is 0 Å². The number of rotatable bonds is 5. The third-order valence-corrected chi connectivity index (χ3v) is 3.31. The maximum absolute atomic E-state index is 12.0. The maximum Gasteiger partial charge on any atom is 0.389 e. The van der Waals surface area contributed by atoms with E-state index in [-0.39, 0.29) is 6.42 Å². The molecule has 92 valence electrons. The number of aryl methyl sites for hydroxylation is 2. The lowest BCUT2D eigenvalue weighted by Crippen LogP contribution is -2.11. The summed E-state index contributed by atoms with van der Waals surface area (Å²) in [4.78, 5) is 5.17. The largest absolute Gasteiger partial charge is 0.389 e. The van der Waals surface area contributed by atoms with Crippen molar-refractivity contribution in [3.63, 3.8) is 0 Å². The molecule has 0 aliphatic heterocycles. The Morgan fingerprint density at radius 1 is 1.38 bits per heavy atom. The number of thiazole rings is 1. The highest BCUT2D eigenvalue weighted by Gasteiger charge is 2.27. The summed E-state index contributed by atoms with van der Waals surface area (Å²) < 4.78 is 36.0. The van der Waals surface area contributed by atoms with E-state index < -0.39 is 12.6 Å².